The smallest absolute Gasteiger partial charge is 0.338 e. The molecule has 0 aliphatic heterocycles. The lowest BCUT2D eigenvalue weighted by Crippen LogP contribution is -2.11. The number of nitrogens with one attached hydrogen (secondary N) is 1. The van der Waals surface area contributed by atoms with Crippen LogP contribution in [-0.2, 0) is 21.4 Å². The molecule has 0 bridgehead atoms. The van der Waals surface area contributed by atoms with Gasteiger partial charge in [0.15, 0.2) is 0 Å². The Morgan fingerprint density at radius 1 is 1.17 bits per heavy atom. The van der Waals surface area contributed by atoms with Crippen molar-refractivity contribution in [3.63, 3.8) is 0 Å². The highest BCUT2D eigenvalue weighted by Crippen LogP contribution is 2.27. The summed E-state index contributed by atoms with van der Waals surface area (Å²) in [5, 5.41) is 0.712. The van der Waals surface area contributed by atoms with Gasteiger partial charge >= 0.3 is 11.6 Å². The van der Waals surface area contributed by atoms with Crippen LogP contribution in [0.5, 0.6) is 0 Å². The van der Waals surface area contributed by atoms with E-state index >= 15 is 0 Å². The molecule has 0 saturated carbocycles. The molecule has 0 aliphatic rings. The number of esters is 1. The first kappa shape index (κ1) is 21.6. The third-order valence-corrected chi connectivity index (χ3v) is 5.21. The second kappa shape index (κ2) is 8.31. The van der Waals surface area contributed by atoms with Crippen molar-refractivity contribution in [1.82, 2.24) is 0 Å². The van der Waals surface area contributed by atoms with Gasteiger partial charge in [0.1, 0.15) is 12.2 Å². The Kier molecular flexibility index (Phi) is 5.98. The summed E-state index contributed by atoms with van der Waals surface area (Å²) >= 11 is 0. The molecule has 0 amide bonds. The molecule has 1 N–H and O–H groups in total. The number of carbonyl (C=O) groups excluding carboxylic acids is 1. The van der Waals surface area contributed by atoms with Crippen LogP contribution in [0.4, 0.5) is 5.69 Å². The number of anilines is 1. The van der Waals surface area contributed by atoms with Crippen LogP contribution in [0.15, 0.2) is 51.7 Å². The lowest BCUT2D eigenvalue weighted by molar-refractivity contribution is 0.0474. The Morgan fingerprint density at radius 3 is 2.57 bits per heavy atom. The fraction of sp³-hybridized carbons (Fsp3) is 0.273. The molecule has 1 heterocycles. The fourth-order valence-corrected chi connectivity index (χ4v) is 3.84. The van der Waals surface area contributed by atoms with E-state index in [9.17, 15) is 18.0 Å². The molecule has 2 aromatic carbocycles. The summed E-state index contributed by atoms with van der Waals surface area (Å²) in [5.74, 6) is -0.355. The van der Waals surface area contributed by atoms with Gasteiger partial charge in [0.2, 0.25) is 10.0 Å². The molecule has 3 aromatic rings. The van der Waals surface area contributed by atoms with E-state index in [0.717, 1.165) is 17.4 Å². The zero-order valence-corrected chi connectivity index (χ0v) is 18.0. The molecule has 0 spiro atoms. The number of aryl methyl sites for hydroxylation is 1. The Morgan fingerprint density at radius 2 is 1.90 bits per heavy atom. The van der Waals surface area contributed by atoms with E-state index in [1.807, 2.05) is 19.1 Å². The molecule has 8 heteroatoms. The van der Waals surface area contributed by atoms with Crippen LogP contribution in [0.3, 0.4) is 0 Å². The van der Waals surface area contributed by atoms with Gasteiger partial charge in [-0.05, 0) is 54.3 Å². The molecule has 0 atom stereocenters. The lowest BCUT2D eigenvalue weighted by atomic mass is 9.95. The highest BCUT2D eigenvalue weighted by atomic mass is 32.2. The number of hydrogen-bond donors (Lipinski definition) is 1. The SMILES string of the molecule is Cc1cc2oc(=O)cc(COC(=O)c3cccc(NS(C)(=O)=O)c3)c2cc1C(C)C. The summed E-state index contributed by atoms with van der Waals surface area (Å²) in [4.78, 5) is 24.4. The number of rotatable bonds is 6. The zero-order valence-electron chi connectivity index (χ0n) is 17.2. The predicted octanol–water partition coefficient (Wildman–Crippen LogP) is 3.95. The molecule has 0 unspecified atom stereocenters. The van der Waals surface area contributed by atoms with Crippen LogP contribution < -0.4 is 10.3 Å². The van der Waals surface area contributed by atoms with Crippen LogP contribution in [0.1, 0.15) is 46.8 Å². The third kappa shape index (κ3) is 5.07. The quantitative estimate of drug-likeness (QED) is 0.470. The summed E-state index contributed by atoms with van der Waals surface area (Å²) in [6.07, 6.45) is 1.03. The minimum Gasteiger partial charge on any atom is -0.457 e. The van der Waals surface area contributed by atoms with Crippen molar-refractivity contribution in [2.75, 3.05) is 11.0 Å². The Balaban J connectivity index is 1.88. The molecular formula is C22H23NO6S. The van der Waals surface area contributed by atoms with E-state index in [-0.39, 0.29) is 23.8 Å². The molecule has 0 aliphatic carbocycles. The van der Waals surface area contributed by atoms with Crippen LogP contribution in [0.25, 0.3) is 11.0 Å². The van der Waals surface area contributed by atoms with Gasteiger partial charge in [0, 0.05) is 22.7 Å². The maximum atomic E-state index is 12.5. The van der Waals surface area contributed by atoms with Crippen molar-refractivity contribution < 1.29 is 22.4 Å². The highest BCUT2D eigenvalue weighted by molar-refractivity contribution is 7.92. The summed E-state index contributed by atoms with van der Waals surface area (Å²) in [6, 6.07) is 11.1. The number of benzene rings is 2. The maximum absolute atomic E-state index is 12.5. The van der Waals surface area contributed by atoms with Crippen molar-refractivity contribution in [2.45, 2.75) is 33.3 Å². The summed E-state index contributed by atoms with van der Waals surface area (Å²) < 4.78 is 35.8. The summed E-state index contributed by atoms with van der Waals surface area (Å²) in [5.41, 5.74) is 3.04. The van der Waals surface area contributed by atoms with Crippen molar-refractivity contribution >= 4 is 32.6 Å². The topological polar surface area (TPSA) is 103 Å². The maximum Gasteiger partial charge on any atom is 0.338 e. The minimum atomic E-state index is -3.47. The van der Waals surface area contributed by atoms with Gasteiger partial charge in [-0.2, -0.15) is 0 Å². The molecule has 3 rings (SSSR count). The van der Waals surface area contributed by atoms with Gasteiger partial charge in [0.25, 0.3) is 0 Å². The van der Waals surface area contributed by atoms with Crippen LogP contribution in [0, 0.1) is 6.92 Å². The first-order valence-electron chi connectivity index (χ1n) is 9.36. The van der Waals surface area contributed by atoms with Gasteiger partial charge in [-0.3, -0.25) is 4.72 Å². The molecule has 158 valence electrons. The molecule has 0 radical (unpaired) electrons. The molecular weight excluding hydrogens is 406 g/mol. The minimum absolute atomic E-state index is 0.120. The van der Waals surface area contributed by atoms with Crippen molar-refractivity contribution in [1.29, 1.82) is 0 Å². The summed E-state index contributed by atoms with van der Waals surface area (Å²) in [6.45, 7) is 5.99. The van der Waals surface area contributed by atoms with Gasteiger partial charge in [0.05, 0.1) is 11.8 Å². The molecule has 7 nitrogen and oxygen atoms in total. The van der Waals surface area contributed by atoms with Crippen LogP contribution in [0.2, 0.25) is 0 Å². The molecule has 0 fully saturated rings. The number of ether oxygens (including phenoxy) is 1. The lowest BCUT2D eigenvalue weighted by Gasteiger charge is -2.13. The number of hydrogen-bond acceptors (Lipinski definition) is 6. The predicted molar refractivity (Wildman–Crippen MR) is 115 cm³/mol. The van der Waals surface area contributed by atoms with E-state index in [1.165, 1.54) is 24.3 Å². The van der Waals surface area contributed by atoms with Gasteiger partial charge < -0.3 is 9.15 Å². The Hall–Kier alpha value is -3.13. The number of fused-ring (bicyclic) bond motifs is 1. The van der Waals surface area contributed by atoms with Gasteiger partial charge in [-0.15, -0.1) is 0 Å². The normalized spacial score (nSPS) is 11.6. The van der Waals surface area contributed by atoms with E-state index in [2.05, 4.69) is 18.6 Å². The largest absolute Gasteiger partial charge is 0.457 e. The standard InChI is InChI=1S/C22H23NO6S/c1-13(2)18-11-19-16(10-21(24)29-20(19)8-14(18)3)12-28-22(25)15-6-5-7-17(9-15)23-30(4,26)27/h5-11,13,23H,12H2,1-4H3. The van der Waals surface area contributed by atoms with E-state index in [0.29, 0.717) is 16.5 Å². The first-order valence-corrected chi connectivity index (χ1v) is 11.2. The van der Waals surface area contributed by atoms with Crippen molar-refractivity contribution in [3.8, 4) is 0 Å². The van der Waals surface area contributed by atoms with Crippen LogP contribution >= 0.6 is 0 Å². The molecule has 1 aromatic heterocycles. The average Bonchev–Trinajstić information content (AvgIpc) is 2.63. The summed E-state index contributed by atoms with van der Waals surface area (Å²) in [7, 11) is -3.47. The number of sulfonamides is 1. The van der Waals surface area contributed by atoms with E-state index < -0.39 is 21.6 Å². The van der Waals surface area contributed by atoms with Crippen LogP contribution in [-0.4, -0.2) is 20.6 Å². The third-order valence-electron chi connectivity index (χ3n) is 4.60. The highest BCUT2D eigenvalue weighted by Gasteiger charge is 2.14. The number of carbonyl (C=O) groups is 1. The van der Waals surface area contributed by atoms with Gasteiger partial charge in [-0.25, -0.2) is 18.0 Å². The van der Waals surface area contributed by atoms with Crippen molar-refractivity contribution in [3.05, 3.63) is 75.1 Å². The second-order valence-electron chi connectivity index (χ2n) is 7.48. The average molecular weight is 429 g/mol. The monoisotopic (exact) mass is 429 g/mol. The Bertz CT molecular complexity index is 1270. The molecule has 0 saturated heterocycles. The second-order valence-corrected chi connectivity index (χ2v) is 9.23. The van der Waals surface area contributed by atoms with E-state index in [1.54, 1.807) is 6.07 Å². The fourth-order valence-electron chi connectivity index (χ4n) is 3.28. The van der Waals surface area contributed by atoms with Crippen molar-refractivity contribution in [2.24, 2.45) is 0 Å². The molecule has 30 heavy (non-hydrogen) atoms. The Labute approximate surface area is 174 Å². The van der Waals surface area contributed by atoms with Gasteiger partial charge in [-0.1, -0.05) is 19.9 Å². The van der Waals surface area contributed by atoms with E-state index in [4.69, 9.17) is 9.15 Å². The first-order chi connectivity index (χ1) is 14.0. The zero-order chi connectivity index (χ0) is 22.1.